The number of rotatable bonds is 4. The molecule has 0 heterocycles. The van der Waals surface area contributed by atoms with Gasteiger partial charge in [-0.1, -0.05) is 35.9 Å². The van der Waals surface area contributed by atoms with Crippen LogP contribution in [0.4, 0.5) is 16.2 Å². The lowest BCUT2D eigenvalue weighted by Gasteiger charge is -2.12. The van der Waals surface area contributed by atoms with Gasteiger partial charge >= 0.3 is 6.03 Å². The first kappa shape index (κ1) is 15.4. The maximum Gasteiger partial charge on any atom is 0.323 e. The molecule has 0 bridgehead atoms. The summed E-state index contributed by atoms with van der Waals surface area (Å²) in [6, 6.07) is 12.4. The van der Waals surface area contributed by atoms with Crippen LogP contribution in [0.5, 0.6) is 0 Å². The van der Waals surface area contributed by atoms with E-state index in [4.69, 9.17) is 16.7 Å². The fraction of sp³-hybridized carbons (Fsp3) is 0.188. The number of halogens is 1. The van der Waals surface area contributed by atoms with Crippen molar-refractivity contribution in [2.45, 2.75) is 13.3 Å². The highest BCUT2D eigenvalue weighted by atomic mass is 35.5. The zero-order chi connectivity index (χ0) is 15.2. The van der Waals surface area contributed by atoms with Gasteiger partial charge in [0.25, 0.3) is 0 Å². The van der Waals surface area contributed by atoms with E-state index in [9.17, 15) is 4.79 Å². The van der Waals surface area contributed by atoms with Crippen molar-refractivity contribution in [3.8, 4) is 0 Å². The van der Waals surface area contributed by atoms with Gasteiger partial charge in [0.05, 0.1) is 0 Å². The van der Waals surface area contributed by atoms with E-state index in [0.29, 0.717) is 22.8 Å². The minimum atomic E-state index is -0.347. The molecule has 5 heteroatoms. The van der Waals surface area contributed by atoms with E-state index in [1.807, 2.05) is 31.2 Å². The molecule has 2 rings (SSSR count). The number of nitrogens with one attached hydrogen (secondary N) is 2. The first-order valence-electron chi connectivity index (χ1n) is 6.63. The average molecular weight is 305 g/mol. The van der Waals surface area contributed by atoms with Gasteiger partial charge in [-0.05, 0) is 42.7 Å². The van der Waals surface area contributed by atoms with Crippen LogP contribution in [0.15, 0.2) is 42.5 Å². The van der Waals surface area contributed by atoms with Crippen LogP contribution in [0.2, 0.25) is 5.02 Å². The number of amides is 2. The Bertz CT molecular complexity index is 644. The summed E-state index contributed by atoms with van der Waals surface area (Å²) in [5.41, 5.74) is 3.15. The fourth-order valence-electron chi connectivity index (χ4n) is 1.94. The number of hydrogen-bond acceptors (Lipinski definition) is 2. The third kappa shape index (κ3) is 4.21. The van der Waals surface area contributed by atoms with Gasteiger partial charge in [0, 0.05) is 23.0 Å². The lowest BCUT2D eigenvalue weighted by molar-refractivity contribution is 0.262. The SMILES string of the molecule is Cc1ccc(NC(=O)Nc2ccccc2CCO)cc1Cl. The van der Waals surface area contributed by atoms with E-state index in [-0.39, 0.29) is 12.6 Å². The molecular weight excluding hydrogens is 288 g/mol. The molecular formula is C16H17ClN2O2. The maximum absolute atomic E-state index is 12.0. The first-order valence-corrected chi connectivity index (χ1v) is 7.01. The van der Waals surface area contributed by atoms with E-state index in [1.54, 1.807) is 18.2 Å². The number of carbonyl (C=O) groups excluding carboxylic acids is 1. The Balaban J connectivity index is 2.06. The van der Waals surface area contributed by atoms with Crippen molar-refractivity contribution in [2.75, 3.05) is 17.2 Å². The van der Waals surface area contributed by atoms with Gasteiger partial charge in [0.2, 0.25) is 0 Å². The standard InChI is InChI=1S/C16H17ClN2O2/c1-11-6-7-13(10-14(11)17)18-16(21)19-15-5-3-2-4-12(15)8-9-20/h2-7,10,20H,8-9H2,1H3,(H2,18,19,21). The molecule has 21 heavy (non-hydrogen) atoms. The molecule has 2 aromatic rings. The van der Waals surface area contributed by atoms with Crippen molar-refractivity contribution in [1.29, 1.82) is 0 Å². The molecule has 2 aromatic carbocycles. The summed E-state index contributed by atoms with van der Waals surface area (Å²) >= 11 is 6.02. The number of carbonyl (C=O) groups is 1. The average Bonchev–Trinajstić information content (AvgIpc) is 2.45. The van der Waals surface area contributed by atoms with E-state index < -0.39 is 0 Å². The van der Waals surface area contributed by atoms with E-state index in [2.05, 4.69) is 10.6 Å². The molecule has 0 aliphatic carbocycles. The van der Waals surface area contributed by atoms with Crippen LogP contribution in [0.25, 0.3) is 0 Å². The number of hydrogen-bond donors (Lipinski definition) is 3. The molecule has 0 radical (unpaired) electrons. The van der Waals surface area contributed by atoms with E-state index in [0.717, 1.165) is 11.1 Å². The van der Waals surface area contributed by atoms with Crippen molar-refractivity contribution >= 4 is 29.0 Å². The van der Waals surface area contributed by atoms with E-state index in [1.165, 1.54) is 0 Å². The van der Waals surface area contributed by atoms with Crippen LogP contribution in [0.3, 0.4) is 0 Å². The molecule has 0 unspecified atom stereocenters. The van der Waals surface area contributed by atoms with Crippen LogP contribution in [0, 0.1) is 6.92 Å². The van der Waals surface area contributed by atoms with Crippen LogP contribution < -0.4 is 10.6 Å². The summed E-state index contributed by atoms with van der Waals surface area (Å²) < 4.78 is 0. The summed E-state index contributed by atoms with van der Waals surface area (Å²) in [4.78, 5) is 12.0. The summed E-state index contributed by atoms with van der Waals surface area (Å²) in [5, 5.41) is 15.1. The molecule has 0 saturated carbocycles. The molecule has 0 spiro atoms. The van der Waals surface area contributed by atoms with Gasteiger partial charge in [0.1, 0.15) is 0 Å². The maximum atomic E-state index is 12.0. The monoisotopic (exact) mass is 304 g/mol. The Hall–Kier alpha value is -2.04. The molecule has 110 valence electrons. The second-order valence-corrected chi connectivity index (χ2v) is 5.08. The number of benzene rings is 2. The summed E-state index contributed by atoms with van der Waals surface area (Å²) in [7, 11) is 0. The van der Waals surface area contributed by atoms with Crippen molar-refractivity contribution in [1.82, 2.24) is 0 Å². The molecule has 0 aliphatic heterocycles. The Morgan fingerprint density at radius 3 is 2.67 bits per heavy atom. The summed E-state index contributed by atoms with van der Waals surface area (Å²) in [5.74, 6) is 0. The van der Waals surface area contributed by atoms with Gasteiger partial charge in [0.15, 0.2) is 0 Å². The normalized spacial score (nSPS) is 10.2. The van der Waals surface area contributed by atoms with Crippen molar-refractivity contribution < 1.29 is 9.90 Å². The number of urea groups is 1. The topological polar surface area (TPSA) is 61.4 Å². The number of aliphatic hydroxyl groups is 1. The van der Waals surface area contributed by atoms with Crippen LogP contribution in [-0.4, -0.2) is 17.7 Å². The predicted molar refractivity (Wildman–Crippen MR) is 86.1 cm³/mol. The zero-order valence-electron chi connectivity index (χ0n) is 11.7. The summed E-state index contributed by atoms with van der Waals surface area (Å²) in [6.45, 7) is 1.94. The molecule has 3 N–H and O–H groups in total. The minimum Gasteiger partial charge on any atom is -0.396 e. The fourth-order valence-corrected chi connectivity index (χ4v) is 2.12. The smallest absolute Gasteiger partial charge is 0.323 e. The number of para-hydroxylation sites is 1. The Kier molecular flexibility index (Phi) is 5.20. The van der Waals surface area contributed by atoms with Gasteiger partial charge in [-0.25, -0.2) is 4.79 Å². The van der Waals surface area contributed by atoms with E-state index >= 15 is 0 Å². The molecule has 0 atom stereocenters. The predicted octanol–water partition coefficient (Wildman–Crippen LogP) is 3.83. The second kappa shape index (κ2) is 7.11. The minimum absolute atomic E-state index is 0.0356. The first-order chi connectivity index (χ1) is 10.1. The lowest BCUT2D eigenvalue weighted by atomic mass is 10.1. The van der Waals surface area contributed by atoms with Crippen molar-refractivity contribution in [3.63, 3.8) is 0 Å². The third-order valence-corrected chi connectivity index (χ3v) is 3.48. The molecule has 4 nitrogen and oxygen atoms in total. The Morgan fingerprint density at radius 1 is 1.19 bits per heavy atom. The van der Waals surface area contributed by atoms with Gasteiger partial charge in [-0.15, -0.1) is 0 Å². The Labute approximate surface area is 128 Å². The van der Waals surface area contributed by atoms with Crippen molar-refractivity contribution in [3.05, 3.63) is 58.6 Å². The number of aryl methyl sites for hydroxylation is 1. The highest BCUT2D eigenvalue weighted by molar-refractivity contribution is 6.31. The molecule has 2 amide bonds. The lowest BCUT2D eigenvalue weighted by Crippen LogP contribution is -2.20. The van der Waals surface area contributed by atoms with Gasteiger partial charge in [-0.3, -0.25) is 0 Å². The quantitative estimate of drug-likeness (QED) is 0.804. The zero-order valence-corrected chi connectivity index (χ0v) is 12.4. The van der Waals surface area contributed by atoms with Gasteiger partial charge in [-0.2, -0.15) is 0 Å². The largest absolute Gasteiger partial charge is 0.396 e. The number of aliphatic hydroxyl groups excluding tert-OH is 1. The number of anilines is 2. The molecule has 0 aromatic heterocycles. The highest BCUT2D eigenvalue weighted by Crippen LogP contribution is 2.21. The highest BCUT2D eigenvalue weighted by Gasteiger charge is 2.07. The van der Waals surface area contributed by atoms with Gasteiger partial charge < -0.3 is 15.7 Å². The molecule has 0 aliphatic rings. The van der Waals surface area contributed by atoms with Crippen LogP contribution in [-0.2, 0) is 6.42 Å². The summed E-state index contributed by atoms with van der Waals surface area (Å²) in [6.07, 6.45) is 0.493. The molecule has 0 fully saturated rings. The van der Waals surface area contributed by atoms with Crippen LogP contribution in [0.1, 0.15) is 11.1 Å². The Morgan fingerprint density at radius 2 is 1.95 bits per heavy atom. The molecule has 0 saturated heterocycles. The third-order valence-electron chi connectivity index (χ3n) is 3.08. The van der Waals surface area contributed by atoms with Crippen molar-refractivity contribution in [2.24, 2.45) is 0 Å². The second-order valence-electron chi connectivity index (χ2n) is 4.67. The van der Waals surface area contributed by atoms with Crippen LogP contribution >= 0.6 is 11.6 Å².